The molecule has 0 atom stereocenters. The van der Waals surface area contributed by atoms with Crippen LogP contribution in [0.2, 0.25) is 0 Å². The van der Waals surface area contributed by atoms with Crippen LogP contribution in [0.5, 0.6) is 0 Å². The van der Waals surface area contributed by atoms with Gasteiger partial charge in [0, 0.05) is 18.8 Å². The molecule has 13 heavy (non-hydrogen) atoms. The van der Waals surface area contributed by atoms with Gasteiger partial charge in [-0.1, -0.05) is 32.0 Å². The molecule has 0 aliphatic carbocycles. The third-order valence-corrected chi connectivity index (χ3v) is 2.04. The zero-order chi connectivity index (χ0) is 9.68. The van der Waals surface area contributed by atoms with Gasteiger partial charge >= 0.3 is 0 Å². The van der Waals surface area contributed by atoms with Gasteiger partial charge in [-0.15, -0.1) is 0 Å². The highest BCUT2D eigenvalue weighted by Gasteiger charge is 2.03. The second kappa shape index (κ2) is 4.87. The van der Waals surface area contributed by atoms with E-state index in [9.17, 15) is 0 Å². The van der Waals surface area contributed by atoms with E-state index >= 15 is 0 Å². The summed E-state index contributed by atoms with van der Waals surface area (Å²) in [5.74, 6) is 0.557. The molecular weight excluding hydrogens is 160 g/mol. The largest absolute Gasteiger partial charge is 0.384 e. The van der Waals surface area contributed by atoms with E-state index in [1.165, 1.54) is 11.3 Å². The Kier molecular flexibility index (Phi) is 3.77. The maximum atomic E-state index is 5.44. The predicted molar refractivity (Wildman–Crippen MR) is 58.1 cm³/mol. The third-order valence-electron chi connectivity index (χ3n) is 2.04. The van der Waals surface area contributed by atoms with Crippen LogP contribution < -0.4 is 11.1 Å². The lowest BCUT2D eigenvalue weighted by Gasteiger charge is -2.13. The Morgan fingerprint density at radius 1 is 1.31 bits per heavy atom. The van der Waals surface area contributed by atoms with E-state index < -0.39 is 0 Å². The van der Waals surface area contributed by atoms with Crippen molar-refractivity contribution in [2.75, 3.05) is 18.4 Å². The maximum absolute atomic E-state index is 5.44. The van der Waals surface area contributed by atoms with E-state index in [-0.39, 0.29) is 0 Å². The molecular formula is C11H18N2. The minimum atomic E-state index is 0.557. The van der Waals surface area contributed by atoms with Gasteiger partial charge in [0.05, 0.1) is 0 Å². The number of hydrogen-bond donors (Lipinski definition) is 2. The van der Waals surface area contributed by atoms with Crippen LogP contribution >= 0.6 is 0 Å². The molecule has 0 aromatic heterocycles. The quantitative estimate of drug-likeness (QED) is 0.741. The summed E-state index contributed by atoms with van der Waals surface area (Å²) in [6.45, 7) is 5.90. The minimum absolute atomic E-state index is 0.557. The molecule has 2 heteroatoms. The first-order chi connectivity index (χ1) is 6.25. The molecule has 0 amide bonds. The summed E-state index contributed by atoms with van der Waals surface area (Å²) >= 11 is 0. The van der Waals surface area contributed by atoms with Gasteiger partial charge in [0.1, 0.15) is 0 Å². The Morgan fingerprint density at radius 2 is 2.00 bits per heavy atom. The number of anilines is 1. The Labute approximate surface area is 80.1 Å². The van der Waals surface area contributed by atoms with Crippen molar-refractivity contribution in [3.05, 3.63) is 29.8 Å². The van der Waals surface area contributed by atoms with Crippen LogP contribution in [0.1, 0.15) is 25.3 Å². The summed E-state index contributed by atoms with van der Waals surface area (Å²) in [5.41, 5.74) is 8.01. The van der Waals surface area contributed by atoms with Gasteiger partial charge in [-0.25, -0.2) is 0 Å². The number of benzene rings is 1. The van der Waals surface area contributed by atoms with Gasteiger partial charge in [-0.05, 0) is 17.5 Å². The highest BCUT2D eigenvalue weighted by Crippen LogP contribution is 2.23. The second-order valence-corrected chi connectivity index (χ2v) is 3.46. The summed E-state index contributed by atoms with van der Waals surface area (Å²) in [6.07, 6.45) is 0. The molecule has 0 bridgehead atoms. The molecule has 2 nitrogen and oxygen atoms in total. The van der Waals surface area contributed by atoms with Crippen molar-refractivity contribution in [2.45, 2.75) is 19.8 Å². The lowest BCUT2D eigenvalue weighted by molar-refractivity contribution is 0.864. The standard InChI is InChI=1S/C11H18N2/c1-9(2)10-5-3-4-6-11(10)13-8-7-12/h3-6,9,13H,7-8,12H2,1-2H3. The van der Waals surface area contributed by atoms with Crippen LogP contribution in [0.4, 0.5) is 5.69 Å². The van der Waals surface area contributed by atoms with Crippen molar-refractivity contribution >= 4 is 5.69 Å². The van der Waals surface area contributed by atoms with Crippen LogP contribution in [0, 0.1) is 0 Å². The van der Waals surface area contributed by atoms with Crippen LogP contribution in [-0.4, -0.2) is 13.1 Å². The third kappa shape index (κ3) is 2.74. The average molecular weight is 178 g/mol. The molecule has 0 fully saturated rings. The average Bonchev–Trinajstić information content (AvgIpc) is 2.15. The van der Waals surface area contributed by atoms with Crippen LogP contribution in [0.25, 0.3) is 0 Å². The van der Waals surface area contributed by atoms with E-state index in [1.807, 2.05) is 6.07 Å². The summed E-state index contributed by atoms with van der Waals surface area (Å²) in [7, 11) is 0. The van der Waals surface area contributed by atoms with Crippen LogP contribution in [0.15, 0.2) is 24.3 Å². The summed E-state index contributed by atoms with van der Waals surface area (Å²) in [4.78, 5) is 0. The second-order valence-electron chi connectivity index (χ2n) is 3.46. The Morgan fingerprint density at radius 3 is 2.62 bits per heavy atom. The molecule has 0 saturated heterocycles. The molecule has 0 spiro atoms. The van der Waals surface area contributed by atoms with Crippen molar-refractivity contribution in [2.24, 2.45) is 5.73 Å². The molecule has 0 aliphatic heterocycles. The SMILES string of the molecule is CC(C)c1ccccc1NCCN. The zero-order valence-electron chi connectivity index (χ0n) is 8.38. The van der Waals surface area contributed by atoms with Crippen LogP contribution in [-0.2, 0) is 0 Å². The molecule has 0 aliphatic rings. The fourth-order valence-electron chi connectivity index (χ4n) is 1.37. The fourth-order valence-corrected chi connectivity index (χ4v) is 1.37. The molecule has 72 valence electrons. The molecule has 0 heterocycles. The summed E-state index contributed by atoms with van der Waals surface area (Å²) in [6, 6.07) is 8.38. The van der Waals surface area contributed by atoms with Crippen LogP contribution in [0.3, 0.4) is 0 Å². The summed E-state index contributed by atoms with van der Waals surface area (Å²) < 4.78 is 0. The van der Waals surface area contributed by atoms with Gasteiger partial charge < -0.3 is 11.1 Å². The number of nitrogens with one attached hydrogen (secondary N) is 1. The molecule has 1 rings (SSSR count). The fraction of sp³-hybridized carbons (Fsp3) is 0.455. The minimum Gasteiger partial charge on any atom is -0.384 e. The molecule has 1 aromatic carbocycles. The van der Waals surface area contributed by atoms with Gasteiger partial charge in [0.25, 0.3) is 0 Å². The Balaban J connectivity index is 2.78. The first-order valence-corrected chi connectivity index (χ1v) is 4.78. The predicted octanol–water partition coefficient (Wildman–Crippen LogP) is 2.18. The van der Waals surface area contributed by atoms with Gasteiger partial charge in [-0.3, -0.25) is 0 Å². The molecule has 3 N–H and O–H groups in total. The number of nitrogens with two attached hydrogens (primary N) is 1. The first-order valence-electron chi connectivity index (χ1n) is 4.78. The zero-order valence-corrected chi connectivity index (χ0v) is 8.38. The first kappa shape index (κ1) is 10.1. The van der Waals surface area contributed by atoms with E-state index in [0.29, 0.717) is 12.5 Å². The molecule has 1 aromatic rings. The van der Waals surface area contributed by atoms with Gasteiger partial charge in [0.15, 0.2) is 0 Å². The maximum Gasteiger partial charge on any atom is 0.0375 e. The Hall–Kier alpha value is -1.02. The van der Waals surface area contributed by atoms with E-state index in [4.69, 9.17) is 5.73 Å². The van der Waals surface area contributed by atoms with E-state index in [0.717, 1.165) is 6.54 Å². The van der Waals surface area contributed by atoms with E-state index in [2.05, 4.69) is 37.4 Å². The van der Waals surface area contributed by atoms with Gasteiger partial charge in [0.2, 0.25) is 0 Å². The Bertz CT molecular complexity index is 256. The number of rotatable bonds is 4. The van der Waals surface area contributed by atoms with Crippen molar-refractivity contribution in [3.63, 3.8) is 0 Å². The van der Waals surface area contributed by atoms with E-state index in [1.54, 1.807) is 0 Å². The number of para-hydroxylation sites is 1. The highest BCUT2D eigenvalue weighted by molar-refractivity contribution is 5.52. The monoisotopic (exact) mass is 178 g/mol. The highest BCUT2D eigenvalue weighted by atomic mass is 14.9. The lowest BCUT2D eigenvalue weighted by Crippen LogP contribution is -2.14. The molecule has 0 saturated carbocycles. The number of hydrogen-bond acceptors (Lipinski definition) is 2. The lowest BCUT2D eigenvalue weighted by atomic mass is 10.0. The van der Waals surface area contributed by atoms with Crippen molar-refractivity contribution in [1.29, 1.82) is 0 Å². The van der Waals surface area contributed by atoms with Crippen molar-refractivity contribution in [3.8, 4) is 0 Å². The normalized spacial score (nSPS) is 10.5. The molecule has 0 unspecified atom stereocenters. The topological polar surface area (TPSA) is 38.0 Å². The molecule has 0 radical (unpaired) electrons. The van der Waals surface area contributed by atoms with Crippen molar-refractivity contribution < 1.29 is 0 Å². The summed E-state index contributed by atoms with van der Waals surface area (Å²) in [5, 5.41) is 3.32. The van der Waals surface area contributed by atoms with Gasteiger partial charge in [-0.2, -0.15) is 0 Å². The van der Waals surface area contributed by atoms with Crippen molar-refractivity contribution in [1.82, 2.24) is 0 Å². The smallest absolute Gasteiger partial charge is 0.0375 e.